The minimum absolute atomic E-state index is 0.0218. The Hall–Kier alpha value is -0.880. The summed E-state index contributed by atoms with van der Waals surface area (Å²) in [5, 5.41) is 11.2. The van der Waals surface area contributed by atoms with E-state index in [-0.39, 0.29) is 29.1 Å². The van der Waals surface area contributed by atoms with E-state index in [9.17, 15) is 4.79 Å². The maximum absolute atomic E-state index is 12.5. The molecule has 1 aromatic heterocycles. The fourth-order valence-corrected chi connectivity index (χ4v) is 3.81. The van der Waals surface area contributed by atoms with Crippen LogP contribution in [0.1, 0.15) is 59.2 Å². The summed E-state index contributed by atoms with van der Waals surface area (Å²) in [6.07, 6.45) is 3.71. The molecule has 1 saturated heterocycles. The average Bonchev–Trinajstić information content (AvgIpc) is 2.64. The van der Waals surface area contributed by atoms with Gasteiger partial charge in [0.2, 0.25) is 5.91 Å². The van der Waals surface area contributed by atoms with Crippen LogP contribution in [0.3, 0.4) is 0 Å². The first-order valence-electron chi connectivity index (χ1n) is 7.80. The molecule has 5 nitrogen and oxygen atoms in total. The highest BCUT2D eigenvalue weighted by Crippen LogP contribution is 2.28. The predicted octanol–water partition coefficient (Wildman–Crippen LogP) is 2.94. The lowest BCUT2D eigenvalue weighted by Gasteiger charge is -2.46. The predicted molar refractivity (Wildman–Crippen MR) is 91.8 cm³/mol. The average molecular weight is 371 g/mol. The summed E-state index contributed by atoms with van der Waals surface area (Å²) in [5.74, 6) is 0.0218. The highest BCUT2D eigenvalue weighted by Gasteiger charge is 2.38. The standard InChI is InChI=1S/C16H27BrN4O/c1-10-13(17)9-21(19-10)11(2)14(22)18-12-7-15(3,4)20-16(5,6)8-12/h9,11-12,20H,7-8H2,1-6H3,(H,18,22)/t11-/m1/s1. The molecule has 1 atom stereocenters. The second-order valence-electron chi connectivity index (χ2n) is 7.72. The van der Waals surface area contributed by atoms with Crippen molar-refractivity contribution >= 4 is 21.8 Å². The van der Waals surface area contributed by atoms with Crippen LogP contribution in [0.2, 0.25) is 0 Å². The summed E-state index contributed by atoms with van der Waals surface area (Å²) in [4.78, 5) is 12.5. The lowest BCUT2D eigenvalue weighted by Crippen LogP contribution is -2.62. The van der Waals surface area contributed by atoms with Crippen molar-refractivity contribution < 1.29 is 4.79 Å². The molecule has 0 bridgehead atoms. The van der Waals surface area contributed by atoms with Crippen LogP contribution < -0.4 is 10.6 Å². The number of hydrogen-bond donors (Lipinski definition) is 2. The molecule has 0 saturated carbocycles. The Kier molecular flexibility index (Phi) is 4.74. The van der Waals surface area contributed by atoms with Crippen molar-refractivity contribution in [3.63, 3.8) is 0 Å². The normalized spacial score (nSPS) is 22.3. The van der Waals surface area contributed by atoms with Crippen LogP contribution in [0.25, 0.3) is 0 Å². The fraction of sp³-hybridized carbons (Fsp3) is 0.750. The molecule has 2 N–H and O–H groups in total. The molecule has 1 aromatic rings. The van der Waals surface area contributed by atoms with Crippen LogP contribution in [0.15, 0.2) is 10.7 Å². The van der Waals surface area contributed by atoms with Crippen LogP contribution in [0.5, 0.6) is 0 Å². The third kappa shape index (κ3) is 4.10. The topological polar surface area (TPSA) is 59.0 Å². The first kappa shape index (κ1) is 17.5. The van der Waals surface area contributed by atoms with Gasteiger partial charge in [-0.2, -0.15) is 5.10 Å². The summed E-state index contributed by atoms with van der Waals surface area (Å²) in [5.41, 5.74) is 0.937. The van der Waals surface area contributed by atoms with Gasteiger partial charge in [0.1, 0.15) is 6.04 Å². The molecule has 22 heavy (non-hydrogen) atoms. The molecule has 1 aliphatic rings. The lowest BCUT2D eigenvalue weighted by molar-refractivity contribution is -0.125. The molecule has 2 rings (SSSR count). The summed E-state index contributed by atoms with van der Waals surface area (Å²) in [7, 11) is 0. The summed E-state index contributed by atoms with van der Waals surface area (Å²) in [6, 6.07) is -0.132. The molecule has 0 aromatic carbocycles. The molecular weight excluding hydrogens is 344 g/mol. The zero-order valence-corrected chi connectivity index (χ0v) is 15.9. The largest absolute Gasteiger partial charge is 0.351 e. The number of carbonyl (C=O) groups excluding carboxylic acids is 1. The zero-order chi connectivity index (χ0) is 16.7. The fourth-order valence-electron chi connectivity index (χ4n) is 3.52. The van der Waals surface area contributed by atoms with Gasteiger partial charge in [0.05, 0.1) is 10.2 Å². The van der Waals surface area contributed by atoms with Gasteiger partial charge in [0, 0.05) is 23.3 Å². The van der Waals surface area contributed by atoms with Crippen LogP contribution in [0.4, 0.5) is 0 Å². The molecule has 1 aliphatic heterocycles. The van der Waals surface area contributed by atoms with Gasteiger partial charge in [-0.05, 0) is 70.3 Å². The first-order valence-corrected chi connectivity index (χ1v) is 8.59. The maximum Gasteiger partial charge on any atom is 0.244 e. The molecule has 124 valence electrons. The minimum atomic E-state index is -0.314. The van der Waals surface area contributed by atoms with Crippen molar-refractivity contribution in [2.75, 3.05) is 0 Å². The maximum atomic E-state index is 12.5. The number of nitrogens with zero attached hydrogens (tertiary/aromatic N) is 2. The molecule has 0 radical (unpaired) electrons. The second kappa shape index (κ2) is 5.96. The van der Waals surface area contributed by atoms with Gasteiger partial charge < -0.3 is 10.6 Å². The number of halogens is 1. The Labute approximate surface area is 141 Å². The van der Waals surface area contributed by atoms with Gasteiger partial charge in [-0.15, -0.1) is 0 Å². The molecule has 1 amide bonds. The number of carbonyl (C=O) groups is 1. The van der Waals surface area contributed by atoms with Gasteiger partial charge >= 0.3 is 0 Å². The van der Waals surface area contributed by atoms with Crippen LogP contribution >= 0.6 is 15.9 Å². The third-order valence-corrected chi connectivity index (χ3v) is 4.95. The van der Waals surface area contributed by atoms with Crippen molar-refractivity contribution in [1.29, 1.82) is 0 Å². The lowest BCUT2D eigenvalue weighted by atomic mass is 9.79. The van der Waals surface area contributed by atoms with Gasteiger partial charge in [-0.25, -0.2) is 0 Å². The second-order valence-corrected chi connectivity index (χ2v) is 8.58. The highest BCUT2D eigenvalue weighted by atomic mass is 79.9. The van der Waals surface area contributed by atoms with Crippen molar-refractivity contribution in [2.24, 2.45) is 0 Å². The Morgan fingerprint density at radius 1 is 1.41 bits per heavy atom. The number of nitrogens with one attached hydrogen (secondary N) is 2. The minimum Gasteiger partial charge on any atom is -0.351 e. The number of rotatable bonds is 3. The van der Waals surface area contributed by atoms with Gasteiger partial charge in [0.25, 0.3) is 0 Å². The quantitative estimate of drug-likeness (QED) is 0.859. The van der Waals surface area contributed by atoms with Gasteiger partial charge in [0.15, 0.2) is 0 Å². The van der Waals surface area contributed by atoms with E-state index in [1.165, 1.54) is 0 Å². The Morgan fingerprint density at radius 3 is 2.41 bits per heavy atom. The smallest absolute Gasteiger partial charge is 0.244 e. The van der Waals surface area contributed by atoms with E-state index in [0.29, 0.717) is 0 Å². The van der Waals surface area contributed by atoms with E-state index in [2.05, 4.69) is 59.4 Å². The van der Waals surface area contributed by atoms with Crippen molar-refractivity contribution in [1.82, 2.24) is 20.4 Å². The molecule has 0 aliphatic carbocycles. The molecule has 6 heteroatoms. The number of piperidine rings is 1. The number of aryl methyl sites for hydroxylation is 1. The molecule has 0 unspecified atom stereocenters. The summed E-state index contributed by atoms with van der Waals surface area (Å²) >= 11 is 3.44. The zero-order valence-electron chi connectivity index (χ0n) is 14.3. The summed E-state index contributed by atoms with van der Waals surface area (Å²) in [6.45, 7) is 12.5. The van der Waals surface area contributed by atoms with E-state index < -0.39 is 0 Å². The monoisotopic (exact) mass is 370 g/mol. The Balaban J connectivity index is 2.05. The Morgan fingerprint density at radius 2 is 1.95 bits per heavy atom. The van der Waals surface area contributed by atoms with Crippen LogP contribution in [0, 0.1) is 6.92 Å². The van der Waals surface area contributed by atoms with Crippen molar-refractivity contribution in [3.05, 3.63) is 16.4 Å². The summed E-state index contributed by atoms with van der Waals surface area (Å²) < 4.78 is 2.64. The number of aromatic nitrogens is 2. The molecule has 2 heterocycles. The van der Waals surface area contributed by atoms with Crippen molar-refractivity contribution in [2.45, 2.75) is 77.5 Å². The van der Waals surface area contributed by atoms with E-state index in [4.69, 9.17) is 0 Å². The molecular formula is C16H27BrN4O. The number of hydrogen-bond acceptors (Lipinski definition) is 3. The SMILES string of the molecule is Cc1nn([C@H](C)C(=O)NC2CC(C)(C)NC(C)(C)C2)cc1Br. The van der Waals surface area contributed by atoms with E-state index in [1.54, 1.807) is 4.68 Å². The Bertz CT molecular complexity index is 529. The molecule has 0 spiro atoms. The van der Waals surface area contributed by atoms with Crippen molar-refractivity contribution in [3.8, 4) is 0 Å². The third-order valence-electron chi connectivity index (χ3n) is 4.17. The van der Waals surface area contributed by atoms with Crippen LogP contribution in [-0.4, -0.2) is 32.8 Å². The number of amides is 1. The van der Waals surface area contributed by atoms with Gasteiger partial charge in [-0.3, -0.25) is 9.48 Å². The van der Waals surface area contributed by atoms with Gasteiger partial charge in [-0.1, -0.05) is 0 Å². The first-order chi connectivity index (χ1) is 9.99. The van der Waals surface area contributed by atoms with E-state index in [0.717, 1.165) is 23.0 Å². The van der Waals surface area contributed by atoms with E-state index in [1.807, 2.05) is 20.0 Å². The molecule has 1 fully saturated rings. The van der Waals surface area contributed by atoms with E-state index >= 15 is 0 Å². The van der Waals surface area contributed by atoms with Crippen LogP contribution in [-0.2, 0) is 4.79 Å². The highest BCUT2D eigenvalue weighted by molar-refractivity contribution is 9.10.